The zero-order valence-electron chi connectivity index (χ0n) is 20.1. The Bertz CT molecular complexity index is 1180. The summed E-state index contributed by atoms with van der Waals surface area (Å²) in [6.45, 7) is 0.236. The van der Waals surface area contributed by atoms with Crippen molar-refractivity contribution in [2.24, 2.45) is 0 Å². The first kappa shape index (κ1) is 23.8. The second-order valence-corrected chi connectivity index (χ2v) is 9.61. The number of nitrogens with zero attached hydrogens (tertiary/aromatic N) is 2. The van der Waals surface area contributed by atoms with E-state index in [1.54, 1.807) is 4.90 Å². The van der Waals surface area contributed by atoms with Gasteiger partial charge in [-0.05, 0) is 36.0 Å². The molecule has 3 aromatic rings. The van der Waals surface area contributed by atoms with Crippen LogP contribution in [0, 0.1) is 0 Å². The average molecular weight is 483 g/mol. The van der Waals surface area contributed by atoms with Crippen molar-refractivity contribution in [2.45, 2.75) is 49.7 Å². The Morgan fingerprint density at radius 3 is 1.92 bits per heavy atom. The number of amides is 2. The summed E-state index contributed by atoms with van der Waals surface area (Å²) in [5.41, 5.74) is 2.73. The normalized spacial score (nSPS) is 21.0. The van der Waals surface area contributed by atoms with E-state index < -0.39 is 24.0 Å². The number of aliphatic carboxylic acids is 1. The zero-order valence-corrected chi connectivity index (χ0v) is 20.1. The van der Waals surface area contributed by atoms with Crippen molar-refractivity contribution in [3.63, 3.8) is 0 Å². The fraction of sp³-hybridized carbons (Fsp3) is 0.300. The first-order valence-electron chi connectivity index (χ1n) is 12.5. The number of carboxylic acid groups (broad SMARTS) is 1. The standard InChI is InChI=1S/C30H30N2O4/c33-26(19-16-21-10-4-1-5-11-21)32-24-17-18-25(32)28(30(35)36)31(20-24)29(34)27(22-12-6-2-7-13-22)23-14-8-3-9-15-23/h1-15,24-25,27-28H,16-20H2,(H,35,36)/t24-,25?,28-/m0/s1. The van der Waals surface area contributed by atoms with E-state index in [0.717, 1.165) is 16.7 Å². The minimum Gasteiger partial charge on any atom is -0.480 e. The number of carbonyl (C=O) groups is 3. The molecule has 2 bridgehead atoms. The van der Waals surface area contributed by atoms with Crippen molar-refractivity contribution in [1.29, 1.82) is 0 Å². The van der Waals surface area contributed by atoms with Crippen LogP contribution in [0.25, 0.3) is 0 Å². The highest BCUT2D eigenvalue weighted by molar-refractivity contribution is 5.92. The van der Waals surface area contributed by atoms with Crippen LogP contribution >= 0.6 is 0 Å². The molecule has 2 aliphatic heterocycles. The summed E-state index contributed by atoms with van der Waals surface area (Å²) < 4.78 is 0. The van der Waals surface area contributed by atoms with Crippen LogP contribution in [0.1, 0.15) is 41.9 Å². The molecule has 6 nitrogen and oxygen atoms in total. The maximum absolute atomic E-state index is 14.1. The van der Waals surface area contributed by atoms with E-state index in [4.69, 9.17) is 0 Å². The smallest absolute Gasteiger partial charge is 0.328 e. The third-order valence-corrected chi connectivity index (χ3v) is 7.46. The quantitative estimate of drug-likeness (QED) is 0.550. The van der Waals surface area contributed by atoms with E-state index in [2.05, 4.69) is 0 Å². The van der Waals surface area contributed by atoms with E-state index in [0.29, 0.717) is 25.7 Å². The van der Waals surface area contributed by atoms with Gasteiger partial charge in [0.15, 0.2) is 0 Å². The summed E-state index contributed by atoms with van der Waals surface area (Å²) in [5, 5.41) is 10.3. The van der Waals surface area contributed by atoms with E-state index in [-0.39, 0.29) is 24.4 Å². The van der Waals surface area contributed by atoms with Crippen molar-refractivity contribution in [1.82, 2.24) is 9.80 Å². The number of aryl methyl sites for hydroxylation is 1. The highest BCUT2D eigenvalue weighted by Crippen LogP contribution is 2.38. The first-order chi connectivity index (χ1) is 17.5. The van der Waals surface area contributed by atoms with Crippen molar-refractivity contribution in [3.8, 4) is 0 Å². The molecule has 0 aromatic heterocycles. The Balaban J connectivity index is 1.41. The molecule has 2 amide bonds. The molecule has 3 atom stereocenters. The summed E-state index contributed by atoms with van der Waals surface area (Å²) in [7, 11) is 0. The van der Waals surface area contributed by atoms with Gasteiger partial charge in [0.25, 0.3) is 0 Å². The summed E-state index contributed by atoms with van der Waals surface area (Å²) in [4.78, 5) is 43.2. The monoisotopic (exact) mass is 482 g/mol. The SMILES string of the molecule is O=C(O)[C@@H]1C2CC[C@@H](CN1C(=O)C(c1ccccc1)c1ccccc1)N2C(=O)CCc1ccccc1. The second-order valence-electron chi connectivity index (χ2n) is 9.61. The van der Waals surface area contributed by atoms with Crippen LogP contribution < -0.4 is 0 Å². The first-order valence-corrected chi connectivity index (χ1v) is 12.5. The lowest BCUT2D eigenvalue weighted by Gasteiger charge is -2.46. The van der Waals surface area contributed by atoms with Crippen LogP contribution in [0.5, 0.6) is 0 Å². The van der Waals surface area contributed by atoms with Crippen LogP contribution in [-0.4, -0.2) is 57.4 Å². The number of fused-ring (bicyclic) bond motifs is 2. The van der Waals surface area contributed by atoms with Crippen LogP contribution in [0.15, 0.2) is 91.0 Å². The van der Waals surface area contributed by atoms with Crippen LogP contribution in [-0.2, 0) is 20.8 Å². The predicted octanol–water partition coefficient (Wildman–Crippen LogP) is 4.11. The molecule has 0 spiro atoms. The highest BCUT2D eigenvalue weighted by Gasteiger charge is 2.53. The van der Waals surface area contributed by atoms with Crippen molar-refractivity contribution in [2.75, 3.05) is 6.54 Å². The van der Waals surface area contributed by atoms with Crippen molar-refractivity contribution < 1.29 is 19.5 Å². The fourth-order valence-corrected chi connectivity index (χ4v) is 5.82. The van der Waals surface area contributed by atoms with Gasteiger partial charge in [-0.15, -0.1) is 0 Å². The molecule has 2 aliphatic rings. The maximum atomic E-state index is 14.1. The molecule has 0 aliphatic carbocycles. The largest absolute Gasteiger partial charge is 0.480 e. The maximum Gasteiger partial charge on any atom is 0.328 e. The third kappa shape index (κ3) is 4.63. The van der Waals surface area contributed by atoms with Gasteiger partial charge in [-0.2, -0.15) is 0 Å². The summed E-state index contributed by atoms with van der Waals surface area (Å²) in [5.74, 6) is -1.93. The third-order valence-electron chi connectivity index (χ3n) is 7.46. The lowest BCUT2D eigenvalue weighted by Crippen LogP contribution is -2.65. The molecule has 3 aromatic carbocycles. The number of rotatable bonds is 7. The molecule has 1 N–H and O–H groups in total. The van der Waals surface area contributed by atoms with Gasteiger partial charge in [-0.25, -0.2) is 4.79 Å². The summed E-state index contributed by atoms with van der Waals surface area (Å²) in [6, 6.07) is 27.1. The Kier molecular flexibility index (Phi) is 6.85. The number of carboxylic acids is 1. The van der Waals surface area contributed by atoms with Gasteiger partial charge in [0.05, 0.1) is 12.0 Å². The Morgan fingerprint density at radius 1 is 0.806 bits per heavy atom. The molecule has 1 unspecified atom stereocenters. The molecule has 36 heavy (non-hydrogen) atoms. The number of piperazine rings is 1. The van der Waals surface area contributed by atoms with E-state index >= 15 is 0 Å². The van der Waals surface area contributed by atoms with Crippen molar-refractivity contribution >= 4 is 17.8 Å². The van der Waals surface area contributed by atoms with Crippen LogP contribution in [0.2, 0.25) is 0 Å². The van der Waals surface area contributed by atoms with Crippen LogP contribution in [0.3, 0.4) is 0 Å². The number of hydrogen-bond donors (Lipinski definition) is 1. The molecule has 2 fully saturated rings. The minimum absolute atomic E-state index is 0.0348. The number of benzene rings is 3. The summed E-state index contributed by atoms with van der Waals surface area (Å²) >= 11 is 0. The number of carbonyl (C=O) groups excluding carboxylic acids is 2. The lowest BCUT2D eigenvalue weighted by molar-refractivity contribution is -0.161. The van der Waals surface area contributed by atoms with E-state index in [9.17, 15) is 19.5 Å². The van der Waals surface area contributed by atoms with Gasteiger partial charge in [-0.3, -0.25) is 9.59 Å². The van der Waals surface area contributed by atoms with Gasteiger partial charge in [0.1, 0.15) is 6.04 Å². The Labute approximate surface area is 211 Å². The molecule has 0 radical (unpaired) electrons. The molecule has 5 rings (SSSR count). The molecule has 2 saturated heterocycles. The van der Waals surface area contributed by atoms with Gasteiger partial charge in [0, 0.05) is 19.0 Å². The van der Waals surface area contributed by atoms with Gasteiger partial charge in [-0.1, -0.05) is 91.0 Å². The zero-order chi connectivity index (χ0) is 25.1. The molecule has 0 saturated carbocycles. The Morgan fingerprint density at radius 2 is 1.36 bits per heavy atom. The van der Waals surface area contributed by atoms with Gasteiger partial charge >= 0.3 is 5.97 Å². The minimum atomic E-state index is -1.06. The molecular formula is C30H30N2O4. The fourth-order valence-electron chi connectivity index (χ4n) is 5.82. The molecule has 6 heteroatoms. The predicted molar refractivity (Wildman–Crippen MR) is 136 cm³/mol. The number of likely N-dealkylation sites (tertiary alicyclic amines) is 1. The van der Waals surface area contributed by atoms with Gasteiger partial charge < -0.3 is 14.9 Å². The molecular weight excluding hydrogens is 452 g/mol. The van der Waals surface area contributed by atoms with E-state index in [1.165, 1.54) is 4.90 Å². The number of hydrogen-bond acceptors (Lipinski definition) is 3. The molecule has 2 heterocycles. The van der Waals surface area contributed by atoms with Gasteiger partial charge in [0.2, 0.25) is 11.8 Å². The average Bonchev–Trinajstić information content (AvgIpc) is 3.21. The van der Waals surface area contributed by atoms with Crippen LogP contribution in [0.4, 0.5) is 0 Å². The lowest BCUT2D eigenvalue weighted by atomic mass is 9.88. The van der Waals surface area contributed by atoms with E-state index in [1.807, 2.05) is 91.0 Å². The second kappa shape index (κ2) is 10.4. The highest BCUT2D eigenvalue weighted by atomic mass is 16.4. The summed E-state index contributed by atoms with van der Waals surface area (Å²) in [6.07, 6.45) is 2.23. The Hall–Kier alpha value is -3.93. The topological polar surface area (TPSA) is 77.9 Å². The molecule has 184 valence electrons. The van der Waals surface area contributed by atoms with Crippen molar-refractivity contribution in [3.05, 3.63) is 108 Å².